The summed E-state index contributed by atoms with van der Waals surface area (Å²) < 4.78 is 5.61. The number of rotatable bonds is 2. The van der Waals surface area contributed by atoms with Crippen LogP contribution in [0, 0.1) is 0 Å². The largest absolute Gasteiger partial charge is 0.378 e. The lowest BCUT2D eigenvalue weighted by Gasteiger charge is -2.33. The Morgan fingerprint density at radius 2 is 2.35 bits per heavy atom. The molecule has 1 fully saturated rings. The number of nitrogens with one attached hydrogen (secondary N) is 1. The van der Waals surface area contributed by atoms with Crippen molar-refractivity contribution in [3.63, 3.8) is 0 Å². The quantitative estimate of drug-likeness (QED) is 0.871. The predicted molar refractivity (Wildman–Crippen MR) is 71.6 cm³/mol. The molecule has 3 rings (SSSR count). The van der Waals surface area contributed by atoms with Gasteiger partial charge in [0.25, 0.3) is 0 Å². The van der Waals surface area contributed by atoms with Crippen molar-refractivity contribution in [3.8, 4) is 0 Å². The van der Waals surface area contributed by atoms with Crippen LogP contribution in [-0.2, 0) is 11.2 Å². The molecule has 0 aromatic carbocycles. The van der Waals surface area contributed by atoms with Crippen molar-refractivity contribution < 1.29 is 4.74 Å². The Morgan fingerprint density at radius 3 is 3.24 bits per heavy atom. The van der Waals surface area contributed by atoms with Crippen molar-refractivity contribution in [3.05, 3.63) is 21.9 Å². The lowest BCUT2D eigenvalue weighted by molar-refractivity contribution is 0.0108. The summed E-state index contributed by atoms with van der Waals surface area (Å²) in [6, 6.07) is 3.56. The zero-order valence-electron chi connectivity index (χ0n) is 10.4. The van der Waals surface area contributed by atoms with Crippen LogP contribution < -0.4 is 5.32 Å². The Morgan fingerprint density at radius 1 is 1.41 bits per heavy atom. The van der Waals surface area contributed by atoms with Gasteiger partial charge in [-0.3, -0.25) is 0 Å². The van der Waals surface area contributed by atoms with Gasteiger partial charge >= 0.3 is 0 Å². The summed E-state index contributed by atoms with van der Waals surface area (Å²) in [5.41, 5.74) is 1.57. The third kappa shape index (κ3) is 2.56. The van der Waals surface area contributed by atoms with Gasteiger partial charge in [0, 0.05) is 23.6 Å². The molecule has 1 aromatic rings. The van der Waals surface area contributed by atoms with Crippen LogP contribution in [0.5, 0.6) is 0 Å². The molecule has 1 aliphatic carbocycles. The summed E-state index contributed by atoms with van der Waals surface area (Å²) in [4.78, 5) is 1.61. The molecule has 17 heavy (non-hydrogen) atoms. The van der Waals surface area contributed by atoms with Gasteiger partial charge < -0.3 is 10.1 Å². The van der Waals surface area contributed by atoms with E-state index in [1.807, 2.05) is 11.3 Å². The van der Waals surface area contributed by atoms with E-state index in [0.29, 0.717) is 18.2 Å². The highest BCUT2D eigenvalue weighted by Gasteiger charge is 2.26. The maximum atomic E-state index is 5.61. The molecule has 1 saturated heterocycles. The first-order valence-electron chi connectivity index (χ1n) is 6.77. The molecule has 2 aliphatic rings. The van der Waals surface area contributed by atoms with E-state index >= 15 is 0 Å². The Bertz CT molecular complexity index is 376. The second kappa shape index (κ2) is 5.09. The number of ether oxygens (including phenoxy) is 1. The molecule has 2 heterocycles. The Hall–Kier alpha value is -0.380. The highest BCUT2D eigenvalue weighted by molar-refractivity contribution is 7.10. The maximum absolute atomic E-state index is 5.61. The fourth-order valence-corrected chi connectivity index (χ4v) is 4.08. The first-order valence-corrected chi connectivity index (χ1v) is 7.65. The van der Waals surface area contributed by atoms with Crippen LogP contribution >= 0.6 is 11.3 Å². The average molecular weight is 251 g/mol. The molecule has 1 aromatic heterocycles. The second-order valence-electron chi connectivity index (χ2n) is 5.31. The van der Waals surface area contributed by atoms with E-state index in [0.717, 1.165) is 13.0 Å². The smallest absolute Gasteiger partial charge is 0.0561 e. The molecular formula is C14H21NOS. The van der Waals surface area contributed by atoms with Gasteiger partial charge in [-0.25, -0.2) is 0 Å². The molecule has 94 valence electrons. The van der Waals surface area contributed by atoms with Crippen LogP contribution in [0.15, 0.2) is 11.4 Å². The fourth-order valence-electron chi connectivity index (χ4n) is 3.09. The van der Waals surface area contributed by atoms with Crippen molar-refractivity contribution in [1.82, 2.24) is 5.32 Å². The molecule has 2 nitrogen and oxygen atoms in total. The molecule has 0 spiro atoms. The first kappa shape index (κ1) is 11.7. The van der Waals surface area contributed by atoms with Gasteiger partial charge in [-0.05, 0) is 56.0 Å². The molecular weight excluding hydrogens is 230 g/mol. The third-order valence-corrected chi connectivity index (χ3v) is 4.97. The number of aryl methyl sites for hydroxylation is 1. The van der Waals surface area contributed by atoms with E-state index < -0.39 is 0 Å². The topological polar surface area (TPSA) is 21.3 Å². The van der Waals surface area contributed by atoms with Crippen molar-refractivity contribution in [1.29, 1.82) is 0 Å². The molecule has 3 unspecified atom stereocenters. The standard InChI is InChI=1S/C14H21NOS/c1-10-9-11(5-7-16-10)15-13-3-2-4-14-12(13)6-8-17-14/h6,8,10-11,13,15H,2-5,7,9H2,1H3. The van der Waals surface area contributed by atoms with Crippen molar-refractivity contribution in [2.24, 2.45) is 0 Å². The van der Waals surface area contributed by atoms with E-state index in [1.165, 1.54) is 25.7 Å². The predicted octanol–water partition coefficient (Wildman–Crippen LogP) is 3.28. The van der Waals surface area contributed by atoms with Crippen LogP contribution in [0.1, 0.15) is 49.1 Å². The SMILES string of the molecule is CC1CC(NC2CCCc3sccc32)CCO1. The zero-order valence-corrected chi connectivity index (χ0v) is 11.3. The van der Waals surface area contributed by atoms with Crippen molar-refractivity contribution in [2.45, 2.75) is 57.2 Å². The van der Waals surface area contributed by atoms with Crippen LogP contribution in [0.25, 0.3) is 0 Å². The minimum absolute atomic E-state index is 0.423. The van der Waals surface area contributed by atoms with E-state index in [-0.39, 0.29) is 0 Å². The highest BCUT2D eigenvalue weighted by atomic mass is 32.1. The van der Waals surface area contributed by atoms with E-state index in [9.17, 15) is 0 Å². The monoisotopic (exact) mass is 251 g/mol. The summed E-state index contributed by atoms with van der Waals surface area (Å²) in [5.74, 6) is 0. The van der Waals surface area contributed by atoms with Gasteiger partial charge in [-0.15, -0.1) is 11.3 Å². The van der Waals surface area contributed by atoms with Crippen LogP contribution in [0.4, 0.5) is 0 Å². The van der Waals surface area contributed by atoms with Gasteiger partial charge in [0.05, 0.1) is 6.10 Å². The third-order valence-electron chi connectivity index (χ3n) is 3.97. The zero-order chi connectivity index (χ0) is 11.7. The molecule has 1 aliphatic heterocycles. The number of thiophene rings is 1. The van der Waals surface area contributed by atoms with Crippen LogP contribution in [0.3, 0.4) is 0 Å². The lowest BCUT2D eigenvalue weighted by Crippen LogP contribution is -2.40. The number of hydrogen-bond donors (Lipinski definition) is 1. The van der Waals surface area contributed by atoms with Gasteiger partial charge in [0.2, 0.25) is 0 Å². The molecule has 3 atom stereocenters. The van der Waals surface area contributed by atoms with Gasteiger partial charge in [0.15, 0.2) is 0 Å². The molecule has 0 saturated carbocycles. The summed E-state index contributed by atoms with van der Waals surface area (Å²) in [6.45, 7) is 3.10. The summed E-state index contributed by atoms with van der Waals surface area (Å²) in [6.07, 6.45) is 6.68. The summed E-state index contributed by atoms with van der Waals surface area (Å²) >= 11 is 1.93. The minimum Gasteiger partial charge on any atom is -0.378 e. The van der Waals surface area contributed by atoms with Crippen LogP contribution in [0.2, 0.25) is 0 Å². The average Bonchev–Trinajstić information content (AvgIpc) is 2.78. The van der Waals surface area contributed by atoms with Crippen molar-refractivity contribution >= 4 is 11.3 Å². The number of hydrogen-bond acceptors (Lipinski definition) is 3. The Labute approximate surface area is 107 Å². The molecule has 1 N–H and O–H groups in total. The Balaban J connectivity index is 1.66. The van der Waals surface area contributed by atoms with Crippen LogP contribution in [-0.4, -0.2) is 18.8 Å². The molecule has 0 amide bonds. The maximum Gasteiger partial charge on any atom is 0.0561 e. The van der Waals surface area contributed by atoms with Gasteiger partial charge in [0.1, 0.15) is 0 Å². The van der Waals surface area contributed by atoms with Crippen molar-refractivity contribution in [2.75, 3.05) is 6.61 Å². The lowest BCUT2D eigenvalue weighted by atomic mass is 9.92. The van der Waals surface area contributed by atoms with E-state index in [2.05, 4.69) is 23.7 Å². The normalized spacial score (nSPS) is 33.4. The second-order valence-corrected chi connectivity index (χ2v) is 6.31. The van der Waals surface area contributed by atoms with Gasteiger partial charge in [-0.1, -0.05) is 0 Å². The molecule has 0 bridgehead atoms. The minimum atomic E-state index is 0.423. The molecule has 3 heteroatoms. The first-order chi connectivity index (χ1) is 8.33. The van der Waals surface area contributed by atoms with E-state index in [1.54, 1.807) is 10.4 Å². The van der Waals surface area contributed by atoms with Gasteiger partial charge in [-0.2, -0.15) is 0 Å². The molecule has 0 radical (unpaired) electrons. The Kier molecular flexibility index (Phi) is 3.50. The van der Waals surface area contributed by atoms with E-state index in [4.69, 9.17) is 4.74 Å². The highest BCUT2D eigenvalue weighted by Crippen LogP contribution is 2.34. The number of fused-ring (bicyclic) bond motifs is 1. The summed E-state index contributed by atoms with van der Waals surface area (Å²) in [7, 11) is 0. The fraction of sp³-hybridized carbons (Fsp3) is 0.714. The summed E-state index contributed by atoms with van der Waals surface area (Å²) in [5, 5.41) is 6.10.